The highest BCUT2D eigenvalue weighted by molar-refractivity contribution is 7.89. The van der Waals surface area contributed by atoms with E-state index in [0.29, 0.717) is 16.9 Å². The van der Waals surface area contributed by atoms with E-state index in [4.69, 9.17) is 14.6 Å². The zero-order valence-electron chi connectivity index (χ0n) is 16.0. The standard InChI is InChI=1S/C20H22N2O6S/c1-14(15-7-10-17(11-8-15)29(21,25)26)22-19(23)13-28-20(24)12-9-16-5-3-4-6-18(16)27-2/h3-12,14H,13H2,1-2H3,(H,22,23)(H2,21,25,26)/b12-9+/t14-/m0/s1. The number of para-hydroxylation sites is 1. The molecule has 0 unspecified atom stereocenters. The van der Waals surface area contributed by atoms with Gasteiger partial charge in [0.15, 0.2) is 6.61 Å². The quantitative estimate of drug-likeness (QED) is 0.497. The summed E-state index contributed by atoms with van der Waals surface area (Å²) >= 11 is 0. The fourth-order valence-electron chi connectivity index (χ4n) is 2.46. The van der Waals surface area contributed by atoms with Crippen molar-refractivity contribution in [3.63, 3.8) is 0 Å². The third kappa shape index (κ3) is 6.74. The minimum absolute atomic E-state index is 0.0180. The van der Waals surface area contributed by atoms with Crippen molar-refractivity contribution in [1.29, 1.82) is 0 Å². The number of carbonyl (C=O) groups excluding carboxylic acids is 2. The molecule has 0 saturated carbocycles. The first kappa shape index (κ1) is 22.1. The molecule has 0 aliphatic rings. The van der Waals surface area contributed by atoms with Crippen LogP contribution in [0.2, 0.25) is 0 Å². The van der Waals surface area contributed by atoms with Crippen LogP contribution in [0.15, 0.2) is 59.5 Å². The summed E-state index contributed by atoms with van der Waals surface area (Å²) in [6, 6.07) is 12.5. The van der Waals surface area contributed by atoms with Gasteiger partial charge in [-0.3, -0.25) is 4.79 Å². The Morgan fingerprint density at radius 2 is 1.79 bits per heavy atom. The van der Waals surface area contributed by atoms with Gasteiger partial charge in [-0.25, -0.2) is 18.4 Å². The second-order valence-electron chi connectivity index (χ2n) is 6.09. The SMILES string of the molecule is COc1ccccc1/C=C/C(=O)OCC(=O)N[C@@H](C)c1ccc(S(N)(=O)=O)cc1. The van der Waals surface area contributed by atoms with Crippen molar-refractivity contribution in [3.8, 4) is 5.75 Å². The summed E-state index contributed by atoms with van der Waals surface area (Å²) in [5.74, 6) is -0.556. The number of ether oxygens (including phenoxy) is 2. The zero-order chi connectivity index (χ0) is 21.4. The number of benzene rings is 2. The van der Waals surface area contributed by atoms with Gasteiger partial charge in [0.05, 0.1) is 18.0 Å². The number of sulfonamides is 1. The normalized spacial score (nSPS) is 12.4. The van der Waals surface area contributed by atoms with E-state index in [0.717, 1.165) is 0 Å². The number of amides is 1. The Morgan fingerprint density at radius 1 is 1.14 bits per heavy atom. The molecule has 0 saturated heterocycles. The van der Waals surface area contributed by atoms with Crippen molar-refractivity contribution in [1.82, 2.24) is 5.32 Å². The molecule has 0 aliphatic carbocycles. The van der Waals surface area contributed by atoms with Gasteiger partial charge in [0.1, 0.15) is 5.75 Å². The summed E-state index contributed by atoms with van der Waals surface area (Å²) in [6.07, 6.45) is 2.75. The molecule has 2 aromatic rings. The molecular weight excluding hydrogens is 396 g/mol. The fraction of sp³-hybridized carbons (Fsp3) is 0.200. The van der Waals surface area contributed by atoms with Gasteiger partial charge in [0, 0.05) is 11.6 Å². The van der Waals surface area contributed by atoms with Crippen LogP contribution in [0.25, 0.3) is 6.08 Å². The van der Waals surface area contributed by atoms with Crippen molar-refractivity contribution < 1.29 is 27.5 Å². The van der Waals surface area contributed by atoms with E-state index < -0.39 is 34.5 Å². The van der Waals surface area contributed by atoms with Crippen LogP contribution in [0.1, 0.15) is 24.1 Å². The van der Waals surface area contributed by atoms with Crippen LogP contribution in [-0.4, -0.2) is 34.0 Å². The summed E-state index contributed by atoms with van der Waals surface area (Å²) in [7, 11) is -2.25. The lowest BCUT2D eigenvalue weighted by Crippen LogP contribution is -2.30. The van der Waals surface area contributed by atoms with Crippen LogP contribution in [0.3, 0.4) is 0 Å². The maximum atomic E-state index is 12.0. The lowest BCUT2D eigenvalue weighted by atomic mass is 10.1. The smallest absolute Gasteiger partial charge is 0.331 e. The summed E-state index contributed by atoms with van der Waals surface area (Å²) < 4.78 is 32.6. The molecule has 0 aliphatic heterocycles. The van der Waals surface area contributed by atoms with Gasteiger partial charge < -0.3 is 14.8 Å². The first-order valence-electron chi connectivity index (χ1n) is 8.60. The van der Waals surface area contributed by atoms with Crippen molar-refractivity contribution in [2.75, 3.05) is 13.7 Å². The van der Waals surface area contributed by atoms with Gasteiger partial charge >= 0.3 is 5.97 Å². The van der Waals surface area contributed by atoms with Crippen LogP contribution in [-0.2, 0) is 24.3 Å². The Bertz CT molecular complexity index is 1000. The third-order valence-corrected chi connectivity index (χ3v) is 4.90. The molecule has 0 bridgehead atoms. The van der Waals surface area contributed by atoms with E-state index in [-0.39, 0.29) is 4.90 Å². The van der Waals surface area contributed by atoms with Crippen LogP contribution >= 0.6 is 0 Å². The molecule has 29 heavy (non-hydrogen) atoms. The number of esters is 1. The average molecular weight is 418 g/mol. The Kier molecular flexibility index (Phi) is 7.52. The summed E-state index contributed by atoms with van der Waals surface area (Å²) in [4.78, 5) is 23.8. The monoisotopic (exact) mass is 418 g/mol. The molecule has 0 spiro atoms. The molecule has 9 heteroatoms. The van der Waals surface area contributed by atoms with E-state index in [2.05, 4.69) is 5.32 Å². The van der Waals surface area contributed by atoms with Crippen molar-refractivity contribution >= 4 is 28.0 Å². The molecule has 3 N–H and O–H groups in total. The molecule has 154 valence electrons. The number of hydrogen-bond acceptors (Lipinski definition) is 6. The average Bonchev–Trinajstić information content (AvgIpc) is 2.70. The predicted molar refractivity (Wildman–Crippen MR) is 107 cm³/mol. The number of nitrogens with one attached hydrogen (secondary N) is 1. The van der Waals surface area contributed by atoms with Gasteiger partial charge in [-0.15, -0.1) is 0 Å². The van der Waals surface area contributed by atoms with E-state index >= 15 is 0 Å². The molecule has 8 nitrogen and oxygen atoms in total. The molecule has 0 heterocycles. The topological polar surface area (TPSA) is 125 Å². The molecule has 1 amide bonds. The van der Waals surface area contributed by atoms with Crippen molar-refractivity contribution in [3.05, 3.63) is 65.7 Å². The van der Waals surface area contributed by atoms with E-state index in [1.165, 1.54) is 31.4 Å². The highest BCUT2D eigenvalue weighted by atomic mass is 32.2. The number of rotatable bonds is 8. The fourth-order valence-corrected chi connectivity index (χ4v) is 2.97. The summed E-state index contributed by atoms with van der Waals surface area (Å²) in [5.41, 5.74) is 1.38. The first-order valence-corrected chi connectivity index (χ1v) is 10.2. The number of carbonyl (C=O) groups is 2. The lowest BCUT2D eigenvalue weighted by molar-refractivity contribution is -0.144. The van der Waals surface area contributed by atoms with Crippen molar-refractivity contribution in [2.45, 2.75) is 17.9 Å². The molecule has 0 aromatic heterocycles. The Hall–Kier alpha value is -3.17. The maximum Gasteiger partial charge on any atom is 0.331 e. The number of nitrogens with two attached hydrogens (primary N) is 1. The number of hydrogen-bond donors (Lipinski definition) is 2. The van der Waals surface area contributed by atoms with Gasteiger partial charge in [0.2, 0.25) is 10.0 Å². The van der Waals surface area contributed by atoms with Crippen LogP contribution in [0.4, 0.5) is 0 Å². The molecule has 2 rings (SSSR count). The summed E-state index contributed by atoms with van der Waals surface area (Å²) in [6.45, 7) is 1.27. The third-order valence-electron chi connectivity index (χ3n) is 3.97. The van der Waals surface area contributed by atoms with Gasteiger partial charge in [-0.2, -0.15) is 0 Å². The Labute approximate surface area is 169 Å². The lowest BCUT2D eigenvalue weighted by Gasteiger charge is -2.14. The largest absolute Gasteiger partial charge is 0.496 e. The Morgan fingerprint density at radius 3 is 2.41 bits per heavy atom. The minimum atomic E-state index is -3.78. The second-order valence-corrected chi connectivity index (χ2v) is 7.65. The van der Waals surface area contributed by atoms with Crippen LogP contribution in [0, 0.1) is 0 Å². The van der Waals surface area contributed by atoms with Gasteiger partial charge in [-0.1, -0.05) is 30.3 Å². The number of methoxy groups -OCH3 is 1. The predicted octanol–water partition coefficient (Wildman–Crippen LogP) is 1.78. The second kappa shape index (κ2) is 9.85. The molecule has 1 atom stereocenters. The van der Waals surface area contributed by atoms with Gasteiger partial charge in [-0.05, 0) is 36.8 Å². The zero-order valence-corrected chi connectivity index (χ0v) is 16.8. The molecule has 0 fully saturated rings. The van der Waals surface area contributed by atoms with E-state index in [1.54, 1.807) is 37.3 Å². The molecular formula is C20H22N2O6S. The van der Waals surface area contributed by atoms with E-state index in [9.17, 15) is 18.0 Å². The highest BCUT2D eigenvalue weighted by Crippen LogP contribution is 2.18. The van der Waals surface area contributed by atoms with Gasteiger partial charge in [0.25, 0.3) is 5.91 Å². The van der Waals surface area contributed by atoms with Crippen LogP contribution < -0.4 is 15.2 Å². The maximum absolute atomic E-state index is 12.0. The summed E-state index contributed by atoms with van der Waals surface area (Å²) in [5, 5.41) is 7.71. The van der Waals surface area contributed by atoms with Crippen molar-refractivity contribution in [2.24, 2.45) is 5.14 Å². The van der Waals surface area contributed by atoms with E-state index in [1.807, 2.05) is 6.07 Å². The highest BCUT2D eigenvalue weighted by Gasteiger charge is 2.13. The molecule has 2 aromatic carbocycles. The minimum Gasteiger partial charge on any atom is -0.496 e. The van der Waals surface area contributed by atoms with Crippen LogP contribution in [0.5, 0.6) is 5.75 Å². The first-order chi connectivity index (χ1) is 13.7. The molecule has 0 radical (unpaired) electrons. The Balaban J connectivity index is 1.85. The number of primary sulfonamides is 1.